The molecule has 0 amide bonds. The van der Waals surface area contributed by atoms with Crippen LogP contribution in [0.15, 0.2) is 76.1 Å². The second-order valence-electron chi connectivity index (χ2n) is 9.02. The third-order valence-electron chi connectivity index (χ3n) is 6.33. The summed E-state index contributed by atoms with van der Waals surface area (Å²) in [6.45, 7) is 6.12. The van der Waals surface area contributed by atoms with E-state index in [4.69, 9.17) is 4.99 Å². The minimum Gasteiger partial charge on any atom is -0.299 e. The maximum absolute atomic E-state index is 11.7. The molecule has 0 radical (unpaired) electrons. The van der Waals surface area contributed by atoms with Gasteiger partial charge in [-0.25, -0.2) is 8.42 Å². The van der Waals surface area contributed by atoms with E-state index in [0.717, 1.165) is 45.4 Å². The van der Waals surface area contributed by atoms with Gasteiger partial charge >= 0.3 is 0 Å². The Morgan fingerprint density at radius 1 is 0.968 bits per heavy atom. The van der Waals surface area contributed by atoms with Gasteiger partial charge in [-0.05, 0) is 67.1 Å². The summed E-state index contributed by atoms with van der Waals surface area (Å²) in [5.74, 6) is 1.05. The van der Waals surface area contributed by atoms with Crippen molar-refractivity contribution in [1.82, 2.24) is 4.90 Å². The van der Waals surface area contributed by atoms with Crippen LogP contribution in [-0.2, 0) is 22.8 Å². The number of hydrogen-bond donors (Lipinski definition) is 0. The molecule has 0 saturated carbocycles. The predicted octanol–water partition coefficient (Wildman–Crippen LogP) is 4.56. The summed E-state index contributed by atoms with van der Waals surface area (Å²) in [5.41, 5.74) is 5.27. The summed E-state index contributed by atoms with van der Waals surface area (Å²) in [6.07, 6.45) is 6.91. The fourth-order valence-electron chi connectivity index (χ4n) is 4.65. The second-order valence-corrected chi connectivity index (χ2v) is 11.0. The molecular weight excluding hydrogens is 404 g/mol. The Kier molecular flexibility index (Phi) is 6.73. The third-order valence-corrected chi connectivity index (χ3v) is 7.46. The number of nitrogens with zero attached hydrogens (tertiary/aromatic N) is 2. The van der Waals surface area contributed by atoms with E-state index in [2.05, 4.69) is 48.2 Å². The molecule has 0 bridgehead atoms. The van der Waals surface area contributed by atoms with Crippen LogP contribution < -0.4 is 0 Å². The van der Waals surface area contributed by atoms with Crippen molar-refractivity contribution >= 4 is 15.5 Å². The Labute approximate surface area is 186 Å². The first-order chi connectivity index (χ1) is 14.9. The van der Waals surface area contributed by atoms with Crippen LogP contribution in [0.2, 0.25) is 0 Å². The molecule has 31 heavy (non-hydrogen) atoms. The van der Waals surface area contributed by atoms with E-state index in [9.17, 15) is 8.42 Å². The lowest BCUT2D eigenvalue weighted by Crippen LogP contribution is -2.37. The zero-order chi connectivity index (χ0) is 21.8. The van der Waals surface area contributed by atoms with E-state index in [1.54, 1.807) is 12.1 Å². The standard InChI is InChI=1S/C26H32N2O2S/c1-20-16-24(17-21-6-4-3-5-7-21)26(27-18-20)23-12-14-28(15-13-23)19-22-8-10-25(11-9-22)31(2,29)30/h3-11,16,20,23H,12-15,17-19H2,1-2H3. The predicted molar refractivity (Wildman–Crippen MR) is 127 cm³/mol. The van der Waals surface area contributed by atoms with E-state index in [1.165, 1.54) is 28.7 Å². The summed E-state index contributed by atoms with van der Waals surface area (Å²) in [4.78, 5) is 7.88. The first-order valence-electron chi connectivity index (χ1n) is 11.2. The maximum atomic E-state index is 11.7. The number of dihydropyridines is 1. The highest BCUT2D eigenvalue weighted by Crippen LogP contribution is 2.28. The molecule has 4 nitrogen and oxygen atoms in total. The molecule has 2 aromatic carbocycles. The van der Waals surface area contributed by atoms with Crippen molar-refractivity contribution in [1.29, 1.82) is 0 Å². The Morgan fingerprint density at radius 3 is 2.29 bits per heavy atom. The Morgan fingerprint density at radius 2 is 1.65 bits per heavy atom. The van der Waals surface area contributed by atoms with Gasteiger partial charge in [0.2, 0.25) is 0 Å². The zero-order valence-corrected chi connectivity index (χ0v) is 19.3. The second kappa shape index (κ2) is 9.49. The minimum absolute atomic E-state index is 0.386. The van der Waals surface area contributed by atoms with Gasteiger partial charge in [-0.3, -0.25) is 9.89 Å². The quantitative estimate of drug-likeness (QED) is 0.667. The van der Waals surface area contributed by atoms with Crippen LogP contribution in [0.4, 0.5) is 0 Å². The molecule has 4 rings (SSSR count). The van der Waals surface area contributed by atoms with E-state index in [1.807, 2.05) is 12.1 Å². The van der Waals surface area contributed by atoms with E-state index in [-0.39, 0.29) is 0 Å². The summed E-state index contributed by atoms with van der Waals surface area (Å²) in [5, 5.41) is 0. The van der Waals surface area contributed by atoms with Crippen LogP contribution >= 0.6 is 0 Å². The smallest absolute Gasteiger partial charge is 0.175 e. The topological polar surface area (TPSA) is 49.7 Å². The summed E-state index contributed by atoms with van der Waals surface area (Å²) in [6, 6.07) is 18.0. The van der Waals surface area contributed by atoms with E-state index in [0.29, 0.717) is 16.7 Å². The van der Waals surface area contributed by atoms with Crippen LogP contribution in [0.1, 0.15) is 30.9 Å². The van der Waals surface area contributed by atoms with Gasteiger partial charge in [-0.15, -0.1) is 0 Å². The molecule has 0 N–H and O–H groups in total. The number of allylic oxidation sites excluding steroid dienone is 1. The van der Waals surface area contributed by atoms with Gasteiger partial charge in [0.15, 0.2) is 9.84 Å². The number of hydrogen-bond acceptors (Lipinski definition) is 4. The molecule has 0 aliphatic carbocycles. The van der Waals surface area contributed by atoms with Crippen molar-refractivity contribution in [3.63, 3.8) is 0 Å². The molecule has 1 fully saturated rings. The largest absolute Gasteiger partial charge is 0.299 e. The first-order valence-corrected chi connectivity index (χ1v) is 13.1. The molecular formula is C26H32N2O2S. The lowest BCUT2D eigenvalue weighted by Gasteiger charge is -2.34. The molecule has 164 valence electrons. The summed E-state index contributed by atoms with van der Waals surface area (Å²) >= 11 is 0. The Balaban J connectivity index is 1.37. The average molecular weight is 437 g/mol. The minimum atomic E-state index is -3.14. The highest BCUT2D eigenvalue weighted by molar-refractivity contribution is 7.90. The SMILES string of the molecule is CC1C=C(Cc2ccccc2)C(C2CCN(Cc3ccc(S(C)(=O)=O)cc3)CC2)=NC1. The lowest BCUT2D eigenvalue weighted by molar-refractivity contribution is 0.201. The number of piperidine rings is 1. The zero-order valence-electron chi connectivity index (χ0n) is 18.5. The van der Waals surface area contributed by atoms with Gasteiger partial charge < -0.3 is 0 Å². The van der Waals surface area contributed by atoms with Gasteiger partial charge in [-0.1, -0.05) is 55.5 Å². The van der Waals surface area contributed by atoms with Gasteiger partial charge in [0.1, 0.15) is 0 Å². The van der Waals surface area contributed by atoms with Crippen LogP contribution in [0.25, 0.3) is 0 Å². The van der Waals surface area contributed by atoms with Crippen LogP contribution in [0, 0.1) is 11.8 Å². The fourth-order valence-corrected chi connectivity index (χ4v) is 5.28. The molecule has 1 unspecified atom stereocenters. The highest BCUT2D eigenvalue weighted by atomic mass is 32.2. The monoisotopic (exact) mass is 436 g/mol. The van der Waals surface area contributed by atoms with Crippen LogP contribution in [-0.4, -0.2) is 44.9 Å². The average Bonchev–Trinajstić information content (AvgIpc) is 2.75. The van der Waals surface area contributed by atoms with Crippen molar-refractivity contribution in [2.75, 3.05) is 25.9 Å². The van der Waals surface area contributed by atoms with Gasteiger partial charge in [-0.2, -0.15) is 0 Å². The molecule has 2 aromatic rings. The van der Waals surface area contributed by atoms with Crippen molar-refractivity contribution < 1.29 is 8.42 Å². The molecule has 2 aliphatic rings. The van der Waals surface area contributed by atoms with Crippen molar-refractivity contribution in [2.24, 2.45) is 16.8 Å². The number of benzene rings is 2. The molecule has 5 heteroatoms. The van der Waals surface area contributed by atoms with Crippen LogP contribution in [0.3, 0.4) is 0 Å². The van der Waals surface area contributed by atoms with E-state index >= 15 is 0 Å². The highest BCUT2D eigenvalue weighted by Gasteiger charge is 2.27. The number of sulfone groups is 1. The molecule has 0 aromatic heterocycles. The lowest BCUT2D eigenvalue weighted by atomic mass is 9.83. The van der Waals surface area contributed by atoms with Crippen LogP contribution in [0.5, 0.6) is 0 Å². The number of aliphatic imine (C=N–C) groups is 1. The summed E-state index contributed by atoms with van der Waals surface area (Å²) in [7, 11) is -3.14. The first kappa shape index (κ1) is 22.0. The number of rotatable bonds is 6. The van der Waals surface area contributed by atoms with Gasteiger partial charge in [0.05, 0.1) is 4.90 Å². The Hall–Kier alpha value is -2.24. The van der Waals surface area contributed by atoms with Crippen molar-refractivity contribution in [3.05, 3.63) is 77.4 Å². The van der Waals surface area contributed by atoms with Crippen molar-refractivity contribution in [2.45, 2.75) is 37.6 Å². The molecule has 1 saturated heterocycles. The molecule has 2 aliphatic heterocycles. The van der Waals surface area contributed by atoms with Gasteiger partial charge in [0, 0.05) is 31.0 Å². The summed E-state index contributed by atoms with van der Waals surface area (Å²) < 4.78 is 23.3. The number of likely N-dealkylation sites (tertiary alicyclic amines) is 1. The molecule has 0 spiro atoms. The fraction of sp³-hybridized carbons (Fsp3) is 0.423. The normalized spacial score (nSPS) is 20.9. The third kappa shape index (κ3) is 5.72. The van der Waals surface area contributed by atoms with E-state index < -0.39 is 9.84 Å². The maximum Gasteiger partial charge on any atom is 0.175 e. The molecule has 1 atom stereocenters. The Bertz CT molecular complexity index is 1050. The van der Waals surface area contributed by atoms with Crippen molar-refractivity contribution in [3.8, 4) is 0 Å². The van der Waals surface area contributed by atoms with Gasteiger partial charge in [0.25, 0.3) is 0 Å². The molecule has 2 heterocycles.